The quantitative estimate of drug-likeness (QED) is 0.705. The monoisotopic (exact) mass is 238 g/mol. The average molecular weight is 238 g/mol. The van der Waals surface area contributed by atoms with Gasteiger partial charge in [0, 0.05) is 28.9 Å². The summed E-state index contributed by atoms with van der Waals surface area (Å²) in [6.07, 6.45) is 1.50. The van der Waals surface area contributed by atoms with Crippen molar-refractivity contribution in [1.82, 2.24) is 4.72 Å². The maximum absolute atomic E-state index is 11.3. The molecule has 0 aliphatic heterocycles. The van der Waals surface area contributed by atoms with Crippen molar-refractivity contribution in [2.75, 3.05) is 12.0 Å². The summed E-state index contributed by atoms with van der Waals surface area (Å²) in [5.74, 6) is 0.247. The van der Waals surface area contributed by atoms with Gasteiger partial charge < -0.3 is 0 Å². The van der Waals surface area contributed by atoms with E-state index in [0.717, 1.165) is 0 Å². The Hall–Kier alpha value is -0.450. The highest BCUT2D eigenvalue weighted by atomic mass is 32.2. The van der Waals surface area contributed by atoms with Gasteiger partial charge in [0.15, 0.2) is 5.25 Å². The lowest BCUT2D eigenvalue weighted by Gasteiger charge is -2.13. The molecule has 0 aromatic heterocycles. The topological polar surface area (TPSA) is 87.0 Å². The molecule has 0 heterocycles. The fourth-order valence-electron chi connectivity index (χ4n) is 0.838. The van der Waals surface area contributed by atoms with Crippen molar-refractivity contribution in [3.8, 4) is 6.07 Å². The first-order valence-corrected chi connectivity index (χ1v) is 7.27. The molecule has 0 saturated carbocycles. The van der Waals surface area contributed by atoms with Crippen LogP contribution in [0.25, 0.3) is 0 Å². The first-order valence-electron chi connectivity index (χ1n) is 4.00. The largest absolute Gasteiger partial charge is 0.260 e. The molecule has 0 spiro atoms. The van der Waals surface area contributed by atoms with Crippen molar-refractivity contribution in [1.29, 1.82) is 5.26 Å². The van der Waals surface area contributed by atoms with Gasteiger partial charge in [-0.1, -0.05) is 0 Å². The summed E-state index contributed by atoms with van der Waals surface area (Å²) in [4.78, 5) is 0. The van der Waals surface area contributed by atoms with Crippen LogP contribution in [0.1, 0.15) is 13.8 Å². The third-order valence-electron chi connectivity index (χ3n) is 1.50. The van der Waals surface area contributed by atoms with Crippen molar-refractivity contribution in [2.24, 2.45) is 0 Å². The van der Waals surface area contributed by atoms with Gasteiger partial charge in [0.25, 0.3) is 0 Å². The van der Waals surface area contributed by atoms with Gasteiger partial charge in [-0.25, -0.2) is 13.1 Å². The molecule has 0 rings (SSSR count). The third-order valence-corrected chi connectivity index (χ3v) is 4.23. The number of hydrogen-bond donors (Lipinski definition) is 1. The van der Waals surface area contributed by atoms with E-state index in [1.165, 1.54) is 13.2 Å². The lowest BCUT2D eigenvalue weighted by Crippen LogP contribution is -2.40. The molecule has 0 aliphatic rings. The molecule has 0 bridgehead atoms. The van der Waals surface area contributed by atoms with Crippen LogP contribution in [0.15, 0.2) is 0 Å². The standard InChI is InChI=1S/C7H14N2O3S2/c1-6(5-13(3)10)9-14(11,12)7(2)4-8/h6-7,9H,5H2,1-3H3. The Kier molecular flexibility index (Phi) is 5.26. The fraction of sp³-hybridized carbons (Fsp3) is 0.857. The van der Waals surface area contributed by atoms with Crippen LogP contribution in [0.4, 0.5) is 0 Å². The van der Waals surface area contributed by atoms with Gasteiger partial charge in [-0.3, -0.25) is 4.21 Å². The number of nitriles is 1. The zero-order chi connectivity index (χ0) is 11.4. The van der Waals surface area contributed by atoms with Crippen LogP contribution in [-0.4, -0.2) is 35.9 Å². The number of rotatable bonds is 5. The van der Waals surface area contributed by atoms with Gasteiger partial charge in [0.05, 0.1) is 6.07 Å². The van der Waals surface area contributed by atoms with E-state index in [9.17, 15) is 12.6 Å². The summed E-state index contributed by atoms with van der Waals surface area (Å²) in [7, 11) is -4.66. The van der Waals surface area contributed by atoms with Gasteiger partial charge in [-0.2, -0.15) is 5.26 Å². The molecule has 1 N–H and O–H groups in total. The van der Waals surface area contributed by atoms with E-state index in [1.54, 1.807) is 13.0 Å². The van der Waals surface area contributed by atoms with Crippen LogP contribution in [0.5, 0.6) is 0 Å². The van der Waals surface area contributed by atoms with Gasteiger partial charge in [-0.15, -0.1) is 0 Å². The normalized spacial score (nSPS) is 18.1. The summed E-state index contributed by atoms with van der Waals surface area (Å²) in [5.41, 5.74) is 0. The Morgan fingerprint density at radius 3 is 2.36 bits per heavy atom. The van der Waals surface area contributed by atoms with Crippen molar-refractivity contribution in [3.63, 3.8) is 0 Å². The van der Waals surface area contributed by atoms with Gasteiger partial charge in [0.2, 0.25) is 10.0 Å². The molecule has 14 heavy (non-hydrogen) atoms. The Morgan fingerprint density at radius 2 is 2.00 bits per heavy atom. The van der Waals surface area contributed by atoms with E-state index in [4.69, 9.17) is 5.26 Å². The maximum Gasteiger partial charge on any atom is 0.227 e. The minimum Gasteiger partial charge on any atom is -0.260 e. The molecule has 0 saturated heterocycles. The number of nitrogens with zero attached hydrogens (tertiary/aromatic N) is 1. The van der Waals surface area contributed by atoms with E-state index in [1.807, 2.05) is 0 Å². The Labute approximate surface area is 87.0 Å². The van der Waals surface area contributed by atoms with Crippen LogP contribution in [0.2, 0.25) is 0 Å². The molecule has 5 nitrogen and oxygen atoms in total. The molecule has 0 aliphatic carbocycles. The summed E-state index contributed by atoms with van der Waals surface area (Å²) in [6.45, 7) is 2.92. The SMILES string of the molecule is CC(CS(C)=O)NS(=O)(=O)C(C)C#N. The van der Waals surface area contributed by atoms with Gasteiger partial charge in [0.1, 0.15) is 0 Å². The summed E-state index contributed by atoms with van der Waals surface area (Å²) < 4.78 is 35.7. The minimum atomic E-state index is -3.60. The van der Waals surface area contributed by atoms with Gasteiger partial charge in [-0.05, 0) is 13.8 Å². The lowest BCUT2D eigenvalue weighted by atomic mass is 10.4. The van der Waals surface area contributed by atoms with Crippen LogP contribution in [0, 0.1) is 11.3 Å². The number of hydrogen-bond acceptors (Lipinski definition) is 4. The van der Waals surface area contributed by atoms with Crippen LogP contribution in [0.3, 0.4) is 0 Å². The molecular formula is C7H14N2O3S2. The van der Waals surface area contributed by atoms with Crippen molar-refractivity contribution < 1.29 is 12.6 Å². The van der Waals surface area contributed by atoms with E-state index < -0.39 is 32.1 Å². The zero-order valence-corrected chi connectivity index (χ0v) is 9.98. The number of nitrogens with one attached hydrogen (secondary N) is 1. The van der Waals surface area contributed by atoms with E-state index in [0.29, 0.717) is 0 Å². The summed E-state index contributed by atoms with van der Waals surface area (Å²) >= 11 is 0. The van der Waals surface area contributed by atoms with Crippen molar-refractivity contribution in [3.05, 3.63) is 0 Å². The molecular weight excluding hydrogens is 224 g/mol. The molecule has 3 unspecified atom stereocenters. The second-order valence-corrected chi connectivity index (χ2v) is 6.59. The fourth-order valence-corrected chi connectivity index (χ4v) is 2.72. The molecule has 0 aromatic carbocycles. The Morgan fingerprint density at radius 1 is 1.50 bits per heavy atom. The first kappa shape index (κ1) is 13.5. The molecule has 0 fully saturated rings. The molecule has 0 amide bonds. The first-order chi connectivity index (χ1) is 6.29. The summed E-state index contributed by atoms with van der Waals surface area (Å²) in [6, 6.07) is 1.22. The minimum absolute atomic E-state index is 0.247. The zero-order valence-electron chi connectivity index (χ0n) is 8.35. The highest BCUT2D eigenvalue weighted by Gasteiger charge is 2.22. The summed E-state index contributed by atoms with van der Waals surface area (Å²) in [5, 5.41) is 7.35. The number of sulfonamides is 1. The van der Waals surface area contributed by atoms with Crippen LogP contribution >= 0.6 is 0 Å². The highest BCUT2D eigenvalue weighted by Crippen LogP contribution is 1.98. The lowest BCUT2D eigenvalue weighted by molar-refractivity contribution is 0.565. The molecule has 3 atom stereocenters. The van der Waals surface area contributed by atoms with E-state index in [-0.39, 0.29) is 5.75 Å². The van der Waals surface area contributed by atoms with Crippen LogP contribution < -0.4 is 4.72 Å². The molecule has 0 radical (unpaired) electrons. The Bertz CT molecular complexity index is 344. The highest BCUT2D eigenvalue weighted by molar-refractivity contribution is 7.90. The second-order valence-electron chi connectivity index (χ2n) is 3.08. The predicted molar refractivity (Wildman–Crippen MR) is 55.5 cm³/mol. The third kappa shape index (κ3) is 4.69. The molecule has 82 valence electrons. The smallest absolute Gasteiger partial charge is 0.227 e. The average Bonchev–Trinajstić information content (AvgIpc) is 1.99. The second kappa shape index (κ2) is 5.44. The van der Waals surface area contributed by atoms with Gasteiger partial charge >= 0.3 is 0 Å². The van der Waals surface area contributed by atoms with E-state index >= 15 is 0 Å². The Balaban J connectivity index is 4.39. The maximum atomic E-state index is 11.3. The molecule has 7 heteroatoms. The van der Waals surface area contributed by atoms with E-state index in [2.05, 4.69) is 4.72 Å². The molecule has 0 aromatic rings. The predicted octanol–water partition coefficient (Wildman–Crippen LogP) is -0.415. The van der Waals surface area contributed by atoms with Crippen molar-refractivity contribution in [2.45, 2.75) is 25.1 Å². The van der Waals surface area contributed by atoms with Crippen LogP contribution in [-0.2, 0) is 20.8 Å². The van der Waals surface area contributed by atoms with Crippen molar-refractivity contribution >= 4 is 20.8 Å².